The Bertz CT molecular complexity index is 1050. The first-order valence-electron chi connectivity index (χ1n) is 11.2. The van der Waals surface area contributed by atoms with Crippen LogP contribution in [-0.4, -0.2) is 22.9 Å². The largest absolute Gasteiger partial charge is 0.497 e. The minimum absolute atomic E-state index is 0.375. The number of nitrogens with one attached hydrogen (secondary N) is 1. The van der Waals surface area contributed by atoms with Gasteiger partial charge in [0.2, 0.25) is 0 Å². The summed E-state index contributed by atoms with van der Waals surface area (Å²) in [6, 6.07) is 17.4. The zero-order valence-electron chi connectivity index (χ0n) is 19.2. The molecule has 0 saturated heterocycles. The Morgan fingerprint density at radius 1 is 1.03 bits per heavy atom. The summed E-state index contributed by atoms with van der Waals surface area (Å²) < 4.78 is 7.34. The Balaban J connectivity index is 1.43. The SMILES string of the molecule is COc1ccc(CNC2C=CC(c3c(C)nn(-c4ccc(C(C)C)cc4)c3C)C2)cc1. The molecule has 31 heavy (non-hydrogen) atoms. The second kappa shape index (κ2) is 9.11. The van der Waals surface area contributed by atoms with Crippen molar-refractivity contribution in [2.24, 2.45) is 0 Å². The van der Waals surface area contributed by atoms with Crippen molar-refractivity contribution in [3.63, 3.8) is 0 Å². The van der Waals surface area contributed by atoms with Gasteiger partial charge in [-0.05, 0) is 61.6 Å². The van der Waals surface area contributed by atoms with Gasteiger partial charge in [-0.1, -0.05) is 50.3 Å². The molecule has 2 unspecified atom stereocenters. The highest BCUT2D eigenvalue weighted by Crippen LogP contribution is 2.34. The minimum atomic E-state index is 0.375. The summed E-state index contributed by atoms with van der Waals surface area (Å²) in [5, 5.41) is 8.56. The normalized spacial score (nSPS) is 18.1. The van der Waals surface area contributed by atoms with E-state index in [0.717, 1.165) is 30.1 Å². The van der Waals surface area contributed by atoms with Gasteiger partial charge in [-0.2, -0.15) is 5.10 Å². The van der Waals surface area contributed by atoms with E-state index in [0.29, 0.717) is 17.9 Å². The Morgan fingerprint density at radius 3 is 2.39 bits per heavy atom. The topological polar surface area (TPSA) is 39.1 Å². The van der Waals surface area contributed by atoms with Crippen molar-refractivity contribution in [3.05, 3.63) is 88.8 Å². The van der Waals surface area contributed by atoms with E-state index >= 15 is 0 Å². The fraction of sp³-hybridized carbons (Fsp3) is 0.370. The van der Waals surface area contributed by atoms with E-state index in [1.165, 1.54) is 22.4 Å². The van der Waals surface area contributed by atoms with Gasteiger partial charge in [-0.15, -0.1) is 0 Å². The second-order valence-corrected chi connectivity index (χ2v) is 8.81. The number of hydrogen-bond acceptors (Lipinski definition) is 3. The lowest BCUT2D eigenvalue weighted by Gasteiger charge is -2.15. The number of aryl methyl sites for hydroxylation is 1. The van der Waals surface area contributed by atoms with E-state index in [9.17, 15) is 0 Å². The number of rotatable bonds is 7. The Morgan fingerprint density at radius 2 is 1.74 bits per heavy atom. The van der Waals surface area contributed by atoms with Crippen molar-refractivity contribution in [3.8, 4) is 11.4 Å². The number of aromatic nitrogens is 2. The lowest BCUT2D eigenvalue weighted by atomic mass is 9.95. The fourth-order valence-electron chi connectivity index (χ4n) is 4.50. The van der Waals surface area contributed by atoms with Gasteiger partial charge in [0.25, 0.3) is 0 Å². The molecule has 2 aromatic carbocycles. The van der Waals surface area contributed by atoms with Crippen molar-refractivity contribution in [2.45, 2.75) is 58.5 Å². The molecule has 162 valence electrons. The summed E-state index contributed by atoms with van der Waals surface area (Å²) in [4.78, 5) is 0. The Hall–Kier alpha value is -2.85. The monoisotopic (exact) mass is 415 g/mol. The molecule has 0 bridgehead atoms. The quantitative estimate of drug-likeness (QED) is 0.494. The van der Waals surface area contributed by atoms with Crippen LogP contribution in [0.2, 0.25) is 0 Å². The molecule has 0 spiro atoms. The van der Waals surface area contributed by atoms with Crippen molar-refractivity contribution < 1.29 is 4.74 Å². The Labute approximate surface area is 186 Å². The van der Waals surface area contributed by atoms with Crippen molar-refractivity contribution in [2.75, 3.05) is 7.11 Å². The van der Waals surface area contributed by atoms with Gasteiger partial charge in [-0.25, -0.2) is 4.68 Å². The molecule has 0 fully saturated rings. The van der Waals surface area contributed by atoms with Crippen molar-refractivity contribution in [1.29, 1.82) is 0 Å². The number of benzene rings is 2. The standard InChI is InChI=1S/C27H33N3O/c1-18(2)22-9-12-25(13-10-22)30-20(4)27(19(3)29-30)23-8-11-24(16-23)28-17-21-6-14-26(31-5)15-7-21/h6-15,18,23-24,28H,16-17H2,1-5H3. The molecule has 1 N–H and O–H groups in total. The smallest absolute Gasteiger partial charge is 0.118 e. The molecule has 1 aliphatic carbocycles. The van der Waals surface area contributed by atoms with Gasteiger partial charge >= 0.3 is 0 Å². The third-order valence-corrected chi connectivity index (χ3v) is 6.33. The van der Waals surface area contributed by atoms with E-state index in [-0.39, 0.29) is 0 Å². The summed E-state index contributed by atoms with van der Waals surface area (Å²) in [6.07, 6.45) is 5.71. The van der Waals surface area contributed by atoms with Crippen LogP contribution in [0, 0.1) is 13.8 Å². The molecule has 1 aromatic heterocycles. The molecule has 0 saturated carbocycles. The van der Waals surface area contributed by atoms with Gasteiger partial charge in [0.1, 0.15) is 5.75 Å². The predicted molar refractivity (Wildman–Crippen MR) is 127 cm³/mol. The molecule has 1 aliphatic rings. The number of allylic oxidation sites excluding steroid dienone is 1. The number of hydrogen-bond donors (Lipinski definition) is 1. The highest BCUT2D eigenvalue weighted by molar-refractivity contribution is 5.42. The van der Waals surface area contributed by atoms with E-state index < -0.39 is 0 Å². The molecule has 4 nitrogen and oxygen atoms in total. The molecule has 2 atom stereocenters. The minimum Gasteiger partial charge on any atom is -0.497 e. The summed E-state index contributed by atoms with van der Waals surface area (Å²) in [6.45, 7) is 9.62. The van der Waals surface area contributed by atoms with Crippen LogP contribution in [0.1, 0.15) is 60.2 Å². The zero-order valence-corrected chi connectivity index (χ0v) is 19.2. The maximum absolute atomic E-state index is 5.24. The summed E-state index contributed by atoms with van der Waals surface area (Å²) in [7, 11) is 1.70. The molecular formula is C27H33N3O. The number of ether oxygens (including phenoxy) is 1. The van der Waals surface area contributed by atoms with Crippen LogP contribution in [0.3, 0.4) is 0 Å². The molecule has 0 aliphatic heterocycles. The van der Waals surface area contributed by atoms with Crippen LogP contribution in [0.25, 0.3) is 5.69 Å². The Kier molecular flexibility index (Phi) is 6.28. The number of methoxy groups -OCH3 is 1. The summed E-state index contributed by atoms with van der Waals surface area (Å²) in [5.41, 5.74) is 7.47. The maximum atomic E-state index is 5.24. The molecule has 1 heterocycles. The van der Waals surface area contributed by atoms with Gasteiger partial charge in [0.05, 0.1) is 18.5 Å². The van der Waals surface area contributed by atoms with E-state index in [2.05, 4.69) is 86.2 Å². The third kappa shape index (κ3) is 4.59. The molecule has 4 heteroatoms. The summed E-state index contributed by atoms with van der Waals surface area (Å²) in [5.74, 6) is 1.83. The van der Waals surface area contributed by atoms with Gasteiger partial charge in [0, 0.05) is 29.8 Å². The molecule has 0 radical (unpaired) electrons. The van der Waals surface area contributed by atoms with Gasteiger partial charge in [-0.3, -0.25) is 0 Å². The maximum Gasteiger partial charge on any atom is 0.118 e. The second-order valence-electron chi connectivity index (χ2n) is 8.81. The average Bonchev–Trinajstić information content (AvgIpc) is 3.36. The molecule has 0 amide bonds. The van der Waals surface area contributed by atoms with Crippen LogP contribution in [0.4, 0.5) is 0 Å². The van der Waals surface area contributed by atoms with Crippen molar-refractivity contribution in [1.82, 2.24) is 15.1 Å². The first-order valence-corrected chi connectivity index (χ1v) is 11.2. The average molecular weight is 416 g/mol. The first kappa shape index (κ1) is 21.4. The van der Waals surface area contributed by atoms with E-state index in [1.807, 2.05) is 12.1 Å². The lowest BCUT2D eigenvalue weighted by molar-refractivity contribution is 0.414. The molecule has 3 aromatic rings. The van der Waals surface area contributed by atoms with E-state index in [1.54, 1.807) is 7.11 Å². The summed E-state index contributed by atoms with van der Waals surface area (Å²) >= 11 is 0. The molecule has 4 rings (SSSR count). The molecular weight excluding hydrogens is 382 g/mol. The van der Waals surface area contributed by atoms with Crippen LogP contribution >= 0.6 is 0 Å². The van der Waals surface area contributed by atoms with Crippen molar-refractivity contribution >= 4 is 0 Å². The van der Waals surface area contributed by atoms with Gasteiger partial charge < -0.3 is 10.1 Å². The predicted octanol–water partition coefficient (Wildman–Crippen LogP) is 5.82. The van der Waals surface area contributed by atoms with E-state index in [4.69, 9.17) is 9.84 Å². The van der Waals surface area contributed by atoms with Crippen LogP contribution in [-0.2, 0) is 6.54 Å². The highest BCUT2D eigenvalue weighted by Gasteiger charge is 2.26. The van der Waals surface area contributed by atoms with Crippen LogP contribution in [0.15, 0.2) is 60.7 Å². The lowest BCUT2D eigenvalue weighted by Crippen LogP contribution is -2.25. The third-order valence-electron chi connectivity index (χ3n) is 6.33. The number of nitrogens with zero attached hydrogens (tertiary/aromatic N) is 2. The van der Waals surface area contributed by atoms with Crippen LogP contribution in [0.5, 0.6) is 5.75 Å². The van der Waals surface area contributed by atoms with Gasteiger partial charge in [0.15, 0.2) is 0 Å². The van der Waals surface area contributed by atoms with Crippen LogP contribution < -0.4 is 10.1 Å². The fourth-order valence-corrected chi connectivity index (χ4v) is 4.50. The highest BCUT2D eigenvalue weighted by atomic mass is 16.5. The first-order chi connectivity index (χ1) is 15.0. The zero-order chi connectivity index (χ0) is 22.0.